The van der Waals surface area contributed by atoms with Crippen LogP contribution in [0.5, 0.6) is 0 Å². The minimum absolute atomic E-state index is 0.151. The Balaban J connectivity index is 5.50. The van der Waals surface area contributed by atoms with E-state index in [-0.39, 0.29) is 25.7 Å². The van der Waals surface area contributed by atoms with Crippen LogP contribution < -0.4 is 0 Å². The average Bonchev–Trinajstić information content (AvgIpc) is 2.43. The second kappa shape index (κ2) is 7.61. The Hall–Kier alpha value is -0.660. The topological polar surface area (TPSA) is 34.1 Å². The molecule has 2 heteroatoms. The molecular weight excluding hydrogens is 188 g/mol. The van der Waals surface area contributed by atoms with Gasteiger partial charge in [0.1, 0.15) is 11.6 Å². The number of carbonyl (C=O) groups is 2. The Kier molecular flexibility index (Phi) is 4.30. The monoisotopic (exact) mass is 216 g/mol. The fraction of sp³-hybridized carbons (Fsp3) is 0.846. The first-order valence-electron chi connectivity index (χ1n) is 7.65. The first-order valence-corrected chi connectivity index (χ1v) is 5.65. The van der Waals surface area contributed by atoms with Crippen LogP contribution in [0.25, 0.3) is 0 Å². The third-order valence-corrected chi connectivity index (χ3v) is 2.58. The molecule has 0 rings (SSSR count). The van der Waals surface area contributed by atoms with Crippen molar-refractivity contribution in [1.82, 2.24) is 0 Å². The van der Waals surface area contributed by atoms with Crippen LogP contribution in [-0.4, -0.2) is 11.6 Å². The van der Waals surface area contributed by atoms with Crippen LogP contribution in [0, 0.1) is 11.8 Å². The van der Waals surface area contributed by atoms with Crippen molar-refractivity contribution in [3.63, 3.8) is 0 Å². The fourth-order valence-corrected chi connectivity index (χ4v) is 1.42. The molecule has 0 radical (unpaired) electrons. The summed E-state index contributed by atoms with van der Waals surface area (Å²) in [5.41, 5.74) is 0. The molecule has 0 aliphatic heterocycles. The van der Waals surface area contributed by atoms with Crippen LogP contribution >= 0.6 is 0 Å². The molecule has 2 nitrogen and oxygen atoms in total. The van der Waals surface area contributed by atoms with Crippen LogP contribution in [0.3, 0.4) is 0 Å². The molecule has 0 atom stereocenters. The molecule has 0 aromatic carbocycles. The highest BCUT2D eigenvalue weighted by Crippen LogP contribution is 2.16. The number of ketones is 2. The fourth-order valence-electron chi connectivity index (χ4n) is 1.42. The van der Waals surface area contributed by atoms with E-state index < -0.39 is 29.7 Å². The largest absolute Gasteiger partial charge is 0.299 e. The van der Waals surface area contributed by atoms with Gasteiger partial charge in [-0.05, 0) is 25.7 Å². The smallest absolute Gasteiger partial charge is 0.143 e. The third-order valence-electron chi connectivity index (χ3n) is 2.58. The van der Waals surface area contributed by atoms with E-state index in [1.807, 2.05) is 0 Å². The van der Waals surface area contributed by atoms with Crippen LogP contribution in [0.2, 0.25) is 0 Å². The summed E-state index contributed by atoms with van der Waals surface area (Å²) in [5.74, 6) is -5.23. The highest BCUT2D eigenvalue weighted by atomic mass is 16.1. The van der Waals surface area contributed by atoms with E-state index in [4.69, 9.17) is 5.48 Å². The molecule has 0 amide bonds. The SMILES string of the molecule is [2H]C(CC)(CC)C(=O)C([2H])([2H])C(=O)C([2H])(CC)CC. The van der Waals surface area contributed by atoms with Gasteiger partial charge in [0.25, 0.3) is 0 Å². The van der Waals surface area contributed by atoms with E-state index in [9.17, 15) is 9.59 Å². The molecule has 0 bridgehead atoms. The second-order valence-electron chi connectivity index (χ2n) is 3.40. The predicted octanol–water partition coefficient (Wildman–Crippen LogP) is 3.39. The Morgan fingerprint density at radius 3 is 1.40 bits per heavy atom. The van der Waals surface area contributed by atoms with Gasteiger partial charge in [-0.1, -0.05) is 27.7 Å². The molecule has 0 fully saturated rings. The van der Waals surface area contributed by atoms with E-state index in [2.05, 4.69) is 0 Å². The van der Waals surface area contributed by atoms with E-state index in [0.717, 1.165) is 0 Å². The lowest BCUT2D eigenvalue weighted by atomic mass is 9.89. The highest BCUT2D eigenvalue weighted by molar-refractivity contribution is 6.00. The zero-order chi connectivity index (χ0) is 15.5. The van der Waals surface area contributed by atoms with Gasteiger partial charge >= 0.3 is 0 Å². The van der Waals surface area contributed by atoms with Crippen molar-refractivity contribution in [3.8, 4) is 0 Å². The Morgan fingerprint density at radius 2 is 1.20 bits per heavy atom. The maximum Gasteiger partial charge on any atom is 0.143 e. The van der Waals surface area contributed by atoms with Gasteiger partial charge in [0, 0.05) is 17.3 Å². The molecule has 0 saturated carbocycles. The zero-order valence-corrected chi connectivity index (χ0v) is 10.1. The zero-order valence-electron chi connectivity index (χ0n) is 14.1. The minimum atomic E-state index is -2.76. The normalized spacial score (nSPS) is 17.3. The van der Waals surface area contributed by atoms with Gasteiger partial charge in [-0.25, -0.2) is 0 Å². The number of Topliss-reactive ketones (excluding diaryl/α,β-unsaturated/α-hetero) is 2. The minimum Gasteiger partial charge on any atom is -0.299 e. The van der Waals surface area contributed by atoms with Gasteiger partial charge in [0.05, 0.1) is 6.37 Å². The number of hydrogen-bond donors (Lipinski definition) is 0. The first kappa shape index (κ1) is 8.49. The Labute approximate surface area is 99.1 Å². The van der Waals surface area contributed by atoms with Crippen LogP contribution in [0.15, 0.2) is 0 Å². The van der Waals surface area contributed by atoms with Gasteiger partial charge in [-0.15, -0.1) is 0 Å². The van der Waals surface area contributed by atoms with Crippen molar-refractivity contribution < 1.29 is 15.1 Å². The molecule has 0 N–H and O–H groups in total. The molecule has 0 unspecified atom stereocenters. The second-order valence-corrected chi connectivity index (χ2v) is 3.40. The number of carbonyl (C=O) groups excluding carboxylic acids is 2. The van der Waals surface area contributed by atoms with Gasteiger partial charge in [0.15, 0.2) is 0 Å². The Morgan fingerprint density at radius 1 is 0.933 bits per heavy atom. The molecule has 15 heavy (non-hydrogen) atoms. The average molecular weight is 216 g/mol. The number of hydrogen-bond acceptors (Lipinski definition) is 2. The van der Waals surface area contributed by atoms with Crippen molar-refractivity contribution in [2.75, 3.05) is 0 Å². The lowest BCUT2D eigenvalue weighted by Crippen LogP contribution is -2.21. The van der Waals surface area contributed by atoms with Crippen molar-refractivity contribution in [2.24, 2.45) is 11.8 Å². The van der Waals surface area contributed by atoms with Gasteiger partial charge in [-0.2, -0.15) is 0 Å². The quantitative estimate of drug-likeness (QED) is 0.583. The van der Waals surface area contributed by atoms with Crippen molar-refractivity contribution in [3.05, 3.63) is 0 Å². The summed E-state index contributed by atoms with van der Waals surface area (Å²) in [7, 11) is 0. The molecule has 0 heterocycles. The third kappa shape index (κ3) is 4.59. The molecule has 0 spiro atoms. The molecule has 0 aromatic rings. The van der Waals surface area contributed by atoms with Crippen LogP contribution in [0.4, 0.5) is 0 Å². The molecule has 88 valence electrons. The predicted molar refractivity (Wildman–Crippen MR) is 62.8 cm³/mol. The summed E-state index contributed by atoms with van der Waals surface area (Å²) in [4.78, 5) is 24.4. The van der Waals surface area contributed by atoms with E-state index in [0.29, 0.717) is 0 Å². The van der Waals surface area contributed by atoms with Gasteiger partial charge < -0.3 is 0 Å². The highest BCUT2D eigenvalue weighted by Gasteiger charge is 2.21. The molecule has 0 aliphatic rings. The lowest BCUT2D eigenvalue weighted by Gasteiger charge is -2.14. The lowest BCUT2D eigenvalue weighted by molar-refractivity contribution is -0.131. The molecule has 0 saturated heterocycles. The summed E-state index contributed by atoms with van der Waals surface area (Å²) in [6, 6.07) is 0. The summed E-state index contributed by atoms with van der Waals surface area (Å²) in [5, 5.41) is 0. The van der Waals surface area contributed by atoms with Crippen molar-refractivity contribution in [2.45, 2.75) is 59.8 Å². The molecule has 0 aliphatic carbocycles. The van der Waals surface area contributed by atoms with E-state index >= 15 is 0 Å². The van der Waals surface area contributed by atoms with Gasteiger partial charge in [-0.3, -0.25) is 9.59 Å². The van der Waals surface area contributed by atoms with Gasteiger partial charge in [0.2, 0.25) is 0 Å². The Bertz CT molecular complexity index is 313. The summed E-state index contributed by atoms with van der Waals surface area (Å²) in [6.45, 7) is 6.51. The van der Waals surface area contributed by atoms with E-state index in [1.54, 1.807) is 27.7 Å². The molecular formula is C13H24O2. The first-order chi connectivity index (χ1) is 8.55. The maximum atomic E-state index is 12.2. The standard InChI is InChI=1S/C13H24O2/c1-5-10(6-2)12(14)9-13(15)11(7-3)8-4/h10-11H,5-9H2,1-4H3/i9D2,10D,11D. The maximum absolute atomic E-state index is 12.2. The van der Waals surface area contributed by atoms with Crippen molar-refractivity contribution in [1.29, 1.82) is 0 Å². The number of rotatable bonds is 8. The van der Waals surface area contributed by atoms with E-state index in [1.165, 1.54) is 0 Å². The van der Waals surface area contributed by atoms with Crippen molar-refractivity contribution >= 4 is 11.6 Å². The van der Waals surface area contributed by atoms with Crippen LogP contribution in [0.1, 0.15) is 65.2 Å². The summed E-state index contributed by atoms with van der Waals surface area (Å²) >= 11 is 0. The summed E-state index contributed by atoms with van der Waals surface area (Å²) in [6.07, 6.45) is -2.16. The molecule has 0 aromatic heterocycles. The summed E-state index contributed by atoms with van der Waals surface area (Å²) < 4.78 is 31.6. The van der Waals surface area contributed by atoms with Crippen LogP contribution in [-0.2, 0) is 9.59 Å².